The van der Waals surface area contributed by atoms with Gasteiger partial charge in [-0.15, -0.1) is 0 Å². The van der Waals surface area contributed by atoms with Crippen LogP contribution < -0.4 is 16.2 Å². The Morgan fingerprint density at radius 3 is 3.12 bits per heavy atom. The quantitative estimate of drug-likeness (QED) is 0.487. The fourth-order valence-corrected chi connectivity index (χ4v) is 2.01. The van der Waals surface area contributed by atoms with Crippen molar-refractivity contribution in [3.05, 3.63) is 12.3 Å². The summed E-state index contributed by atoms with van der Waals surface area (Å²) in [5.74, 6) is 6.44. The second-order valence-electron chi connectivity index (χ2n) is 4.40. The highest BCUT2D eigenvalue weighted by molar-refractivity contribution is 5.42. The molecule has 2 heterocycles. The lowest BCUT2D eigenvalue weighted by atomic mass is 9.95. The molecule has 1 aromatic heterocycles. The molecule has 0 saturated carbocycles. The average Bonchev–Trinajstić information content (AvgIpc) is 2.28. The van der Waals surface area contributed by atoms with Crippen molar-refractivity contribution in [2.45, 2.75) is 25.4 Å². The Kier molecular flexibility index (Phi) is 2.93. The number of hydrogen-bond donors (Lipinski definition) is 3. The molecule has 1 aliphatic heterocycles. The third-order valence-electron chi connectivity index (χ3n) is 2.77. The Bertz CT molecular complexity index is 368. The van der Waals surface area contributed by atoms with Gasteiger partial charge in [-0.25, -0.2) is 10.8 Å². The third kappa shape index (κ3) is 2.40. The number of nitrogens with zero attached hydrogens (tertiary/aromatic N) is 3. The van der Waals surface area contributed by atoms with E-state index < -0.39 is 5.60 Å². The Balaban J connectivity index is 2.16. The molecule has 2 rings (SSSR count). The Labute approximate surface area is 94.5 Å². The van der Waals surface area contributed by atoms with Gasteiger partial charge in [-0.2, -0.15) is 4.98 Å². The van der Waals surface area contributed by atoms with Gasteiger partial charge in [-0.05, 0) is 25.8 Å². The van der Waals surface area contributed by atoms with E-state index in [4.69, 9.17) is 5.84 Å². The van der Waals surface area contributed by atoms with Crippen molar-refractivity contribution in [2.75, 3.05) is 23.4 Å². The Hall–Kier alpha value is -1.40. The molecule has 0 bridgehead atoms. The summed E-state index contributed by atoms with van der Waals surface area (Å²) in [5.41, 5.74) is 1.78. The zero-order chi connectivity index (χ0) is 11.6. The molecule has 0 aromatic carbocycles. The van der Waals surface area contributed by atoms with E-state index in [-0.39, 0.29) is 0 Å². The highest BCUT2D eigenvalue weighted by atomic mass is 16.3. The number of hydrazine groups is 1. The number of nitrogen functional groups attached to an aromatic ring is 1. The summed E-state index contributed by atoms with van der Waals surface area (Å²) in [4.78, 5) is 10.2. The molecule has 1 atom stereocenters. The topological polar surface area (TPSA) is 87.3 Å². The molecule has 4 N–H and O–H groups in total. The van der Waals surface area contributed by atoms with E-state index >= 15 is 0 Å². The summed E-state index contributed by atoms with van der Waals surface area (Å²) in [6.07, 6.45) is 3.44. The van der Waals surface area contributed by atoms with Crippen LogP contribution in [0.15, 0.2) is 12.3 Å². The predicted molar refractivity (Wildman–Crippen MR) is 61.9 cm³/mol. The van der Waals surface area contributed by atoms with Crippen molar-refractivity contribution in [3.63, 3.8) is 0 Å². The molecule has 16 heavy (non-hydrogen) atoms. The molecule has 1 aliphatic rings. The number of aromatic nitrogens is 2. The molecule has 1 unspecified atom stereocenters. The van der Waals surface area contributed by atoms with E-state index in [1.165, 1.54) is 0 Å². The lowest BCUT2D eigenvalue weighted by Crippen LogP contribution is -2.46. The molecule has 0 spiro atoms. The van der Waals surface area contributed by atoms with Crippen LogP contribution in [0.25, 0.3) is 0 Å². The zero-order valence-corrected chi connectivity index (χ0v) is 9.35. The monoisotopic (exact) mass is 223 g/mol. The molecule has 1 fully saturated rings. The Morgan fingerprint density at radius 1 is 1.62 bits per heavy atom. The van der Waals surface area contributed by atoms with Crippen LogP contribution in [0.5, 0.6) is 0 Å². The third-order valence-corrected chi connectivity index (χ3v) is 2.77. The summed E-state index contributed by atoms with van der Waals surface area (Å²) < 4.78 is 0. The molecule has 0 radical (unpaired) electrons. The SMILES string of the molecule is CC1(O)CCCN(c2ccnc(NN)n2)C1. The van der Waals surface area contributed by atoms with Gasteiger partial charge in [0.05, 0.1) is 5.60 Å². The second-order valence-corrected chi connectivity index (χ2v) is 4.40. The first-order valence-electron chi connectivity index (χ1n) is 5.38. The summed E-state index contributed by atoms with van der Waals surface area (Å²) in [5, 5.41) is 10.0. The van der Waals surface area contributed by atoms with Crippen LogP contribution in [0.2, 0.25) is 0 Å². The van der Waals surface area contributed by atoms with Crippen LogP contribution in [-0.2, 0) is 0 Å². The summed E-state index contributed by atoms with van der Waals surface area (Å²) in [7, 11) is 0. The summed E-state index contributed by atoms with van der Waals surface area (Å²) in [6, 6.07) is 1.82. The Morgan fingerprint density at radius 2 is 2.44 bits per heavy atom. The zero-order valence-electron chi connectivity index (χ0n) is 9.35. The van der Waals surface area contributed by atoms with Crippen molar-refractivity contribution in [1.29, 1.82) is 0 Å². The maximum atomic E-state index is 10.0. The molecule has 6 heteroatoms. The predicted octanol–water partition coefficient (Wildman–Crippen LogP) is 0.113. The van der Waals surface area contributed by atoms with Crippen molar-refractivity contribution in [1.82, 2.24) is 9.97 Å². The standard InChI is InChI=1S/C10H17N5O/c1-10(16)4-2-6-15(7-10)8-3-5-12-9(13-8)14-11/h3,5,16H,2,4,6-7,11H2,1H3,(H,12,13,14). The summed E-state index contributed by atoms with van der Waals surface area (Å²) >= 11 is 0. The highest BCUT2D eigenvalue weighted by Crippen LogP contribution is 2.24. The van der Waals surface area contributed by atoms with Gasteiger partial charge in [-0.1, -0.05) is 0 Å². The molecule has 1 aromatic rings. The van der Waals surface area contributed by atoms with Crippen LogP contribution in [0.4, 0.5) is 11.8 Å². The van der Waals surface area contributed by atoms with E-state index in [0.717, 1.165) is 25.2 Å². The minimum atomic E-state index is -0.639. The molecular formula is C10H17N5O. The van der Waals surface area contributed by atoms with E-state index in [1.54, 1.807) is 6.20 Å². The smallest absolute Gasteiger partial charge is 0.239 e. The lowest BCUT2D eigenvalue weighted by Gasteiger charge is -2.37. The number of aliphatic hydroxyl groups is 1. The van der Waals surface area contributed by atoms with Gasteiger partial charge < -0.3 is 10.0 Å². The lowest BCUT2D eigenvalue weighted by molar-refractivity contribution is 0.0447. The van der Waals surface area contributed by atoms with Gasteiger partial charge in [-0.3, -0.25) is 5.43 Å². The molecule has 88 valence electrons. The number of nitrogens with two attached hydrogens (primary N) is 1. The van der Waals surface area contributed by atoms with Gasteiger partial charge in [0.25, 0.3) is 0 Å². The van der Waals surface area contributed by atoms with Crippen molar-refractivity contribution >= 4 is 11.8 Å². The van der Waals surface area contributed by atoms with E-state index in [0.29, 0.717) is 12.5 Å². The maximum absolute atomic E-state index is 10.0. The van der Waals surface area contributed by atoms with Gasteiger partial charge in [0.1, 0.15) is 5.82 Å². The van der Waals surface area contributed by atoms with Gasteiger partial charge in [0.2, 0.25) is 5.95 Å². The molecule has 0 amide bonds. The first-order chi connectivity index (χ1) is 7.61. The fraction of sp³-hybridized carbons (Fsp3) is 0.600. The first-order valence-corrected chi connectivity index (χ1v) is 5.38. The minimum Gasteiger partial charge on any atom is -0.388 e. The van der Waals surface area contributed by atoms with E-state index in [2.05, 4.69) is 15.4 Å². The van der Waals surface area contributed by atoms with Gasteiger partial charge in [0, 0.05) is 19.3 Å². The molecular weight excluding hydrogens is 206 g/mol. The van der Waals surface area contributed by atoms with Crippen LogP contribution in [0.1, 0.15) is 19.8 Å². The largest absolute Gasteiger partial charge is 0.388 e. The van der Waals surface area contributed by atoms with Gasteiger partial charge >= 0.3 is 0 Å². The van der Waals surface area contributed by atoms with Crippen molar-refractivity contribution < 1.29 is 5.11 Å². The minimum absolute atomic E-state index is 0.391. The first kappa shape index (κ1) is 11.1. The number of hydrogen-bond acceptors (Lipinski definition) is 6. The normalized spacial score (nSPS) is 25.6. The second kappa shape index (κ2) is 4.23. The van der Waals surface area contributed by atoms with Crippen LogP contribution in [0.3, 0.4) is 0 Å². The number of nitrogens with one attached hydrogen (secondary N) is 1. The average molecular weight is 223 g/mol. The van der Waals surface area contributed by atoms with Crippen LogP contribution in [0, 0.1) is 0 Å². The van der Waals surface area contributed by atoms with E-state index in [9.17, 15) is 5.11 Å². The van der Waals surface area contributed by atoms with Crippen molar-refractivity contribution in [2.24, 2.45) is 5.84 Å². The van der Waals surface area contributed by atoms with Crippen LogP contribution in [-0.4, -0.2) is 33.8 Å². The summed E-state index contributed by atoms with van der Waals surface area (Å²) in [6.45, 7) is 3.34. The molecule has 1 saturated heterocycles. The highest BCUT2D eigenvalue weighted by Gasteiger charge is 2.29. The van der Waals surface area contributed by atoms with Crippen molar-refractivity contribution in [3.8, 4) is 0 Å². The number of β-amino-alcohol motifs (C(OH)–C–C–N with tert-alkyl or cyclic N) is 1. The van der Waals surface area contributed by atoms with Crippen LogP contribution >= 0.6 is 0 Å². The molecule has 6 nitrogen and oxygen atoms in total. The van der Waals surface area contributed by atoms with Gasteiger partial charge in [0.15, 0.2) is 0 Å². The maximum Gasteiger partial charge on any atom is 0.239 e. The number of piperidine rings is 1. The molecule has 0 aliphatic carbocycles. The fourth-order valence-electron chi connectivity index (χ4n) is 2.01. The van der Waals surface area contributed by atoms with E-state index in [1.807, 2.05) is 17.9 Å². The number of rotatable bonds is 2. The number of anilines is 2.